The molecule has 7 heteroatoms. The van der Waals surface area contributed by atoms with Crippen molar-refractivity contribution in [1.82, 2.24) is 5.32 Å². The standard InChI is InChI=1S/C10H18N2O5/c1-5(6(2)11)9(15)12-7(10(16)17)3-4-8(13)14/h5-7H,3-4,11H2,1-2H3,(H,12,15)(H,13,14)(H,16,17)/t5?,6?,7-/m0/s1. The van der Waals surface area contributed by atoms with Gasteiger partial charge in [-0.2, -0.15) is 0 Å². The highest BCUT2D eigenvalue weighted by atomic mass is 16.4. The van der Waals surface area contributed by atoms with Gasteiger partial charge in [0.15, 0.2) is 0 Å². The highest BCUT2D eigenvalue weighted by Gasteiger charge is 2.24. The van der Waals surface area contributed by atoms with E-state index in [-0.39, 0.29) is 12.8 Å². The van der Waals surface area contributed by atoms with Crippen molar-refractivity contribution in [2.75, 3.05) is 0 Å². The molecule has 0 aromatic carbocycles. The zero-order valence-electron chi connectivity index (χ0n) is 9.84. The van der Waals surface area contributed by atoms with E-state index in [1.807, 2.05) is 0 Å². The van der Waals surface area contributed by atoms with Crippen LogP contribution in [-0.4, -0.2) is 40.1 Å². The summed E-state index contributed by atoms with van der Waals surface area (Å²) in [7, 11) is 0. The topological polar surface area (TPSA) is 130 Å². The maximum atomic E-state index is 11.5. The average Bonchev–Trinajstić information content (AvgIpc) is 2.21. The van der Waals surface area contributed by atoms with Crippen LogP contribution in [0.2, 0.25) is 0 Å². The van der Waals surface area contributed by atoms with Crippen LogP contribution in [0.3, 0.4) is 0 Å². The van der Waals surface area contributed by atoms with Crippen LogP contribution < -0.4 is 11.1 Å². The molecule has 5 N–H and O–H groups in total. The number of nitrogens with two attached hydrogens (primary N) is 1. The molecule has 0 radical (unpaired) electrons. The Morgan fingerprint density at radius 3 is 2.12 bits per heavy atom. The van der Waals surface area contributed by atoms with Crippen molar-refractivity contribution < 1.29 is 24.6 Å². The zero-order valence-corrected chi connectivity index (χ0v) is 9.84. The lowest BCUT2D eigenvalue weighted by Gasteiger charge is -2.19. The highest BCUT2D eigenvalue weighted by Crippen LogP contribution is 2.03. The molecule has 0 aromatic rings. The van der Waals surface area contributed by atoms with E-state index in [2.05, 4.69) is 5.32 Å². The van der Waals surface area contributed by atoms with Crippen LogP contribution in [0.5, 0.6) is 0 Å². The van der Waals surface area contributed by atoms with Gasteiger partial charge >= 0.3 is 11.9 Å². The second-order valence-corrected chi connectivity index (χ2v) is 3.98. The third-order valence-electron chi connectivity index (χ3n) is 2.46. The number of hydrogen-bond donors (Lipinski definition) is 4. The minimum atomic E-state index is -1.25. The van der Waals surface area contributed by atoms with Crippen molar-refractivity contribution in [3.63, 3.8) is 0 Å². The molecule has 0 saturated heterocycles. The van der Waals surface area contributed by atoms with Crippen LogP contribution in [0.4, 0.5) is 0 Å². The molecule has 3 atom stereocenters. The average molecular weight is 246 g/mol. The molecule has 0 aliphatic heterocycles. The highest BCUT2D eigenvalue weighted by molar-refractivity contribution is 5.85. The molecule has 0 bridgehead atoms. The first-order valence-electron chi connectivity index (χ1n) is 5.26. The van der Waals surface area contributed by atoms with Crippen molar-refractivity contribution >= 4 is 17.8 Å². The fourth-order valence-electron chi connectivity index (χ4n) is 1.07. The van der Waals surface area contributed by atoms with Crippen LogP contribution in [0.25, 0.3) is 0 Å². The van der Waals surface area contributed by atoms with E-state index in [9.17, 15) is 14.4 Å². The number of nitrogens with one attached hydrogen (secondary N) is 1. The maximum Gasteiger partial charge on any atom is 0.326 e. The molecule has 0 aromatic heterocycles. The van der Waals surface area contributed by atoms with Gasteiger partial charge in [-0.25, -0.2) is 4.79 Å². The summed E-state index contributed by atoms with van der Waals surface area (Å²) in [5.41, 5.74) is 5.51. The molecule has 1 amide bonds. The molecule has 0 aliphatic carbocycles. The molecule has 98 valence electrons. The van der Waals surface area contributed by atoms with Crippen LogP contribution in [-0.2, 0) is 14.4 Å². The van der Waals surface area contributed by atoms with E-state index >= 15 is 0 Å². The summed E-state index contributed by atoms with van der Waals surface area (Å²) < 4.78 is 0. The van der Waals surface area contributed by atoms with Crippen LogP contribution in [0, 0.1) is 5.92 Å². The Hall–Kier alpha value is -1.63. The van der Waals surface area contributed by atoms with Gasteiger partial charge in [0.1, 0.15) is 6.04 Å². The summed E-state index contributed by atoms with van der Waals surface area (Å²) in [4.78, 5) is 32.7. The number of hydrogen-bond acceptors (Lipinski definition) is 4. The van der Waals surface area contributed by atoms with E-state index in [1.165, 1.54) is 0 Å². The third-order valence-corrected chi connectivity index (χ3v) is 2.46. The Morgan fingerprint density at radius 2 is 1.76 bits per heavy atom. The third kappa shape index (κ3) is 5.86. The number of carboxylic acids is 2. The van der Waals surface area contributed by atoms with Gasteiger partial charge in [0.2, 0.25) is 5.91 Å². The molecule has 0 heterocycles. The number of amides is 1. The van der Waals surface area contributed by atoms with Crippen molar-refractivity contribution in [3.8, 4) is 0 Å². The summed E-state index contributed by atoms with van der Waals surface area (Å²) in [5.74, 6) is -3.37. The molecule has 0 saturated carbocycles. The number of aliphatic carboxylic acids is 2. The largest absolute Gasteiger partial charge is 0.481 e. The Morgan fingerprint density at radius 1 is 1.24 bits per heavy atom. The van der Waals surface area contributed by atoms with Gasteiger partial charge in [-0.15, -0.1) is 0 Å². The van der Waals surface area contributed by atoms with Crippen LogP contribution >= 0.6 is 0 Å². The second kappa shape index (κ2) is 6.85. The summed E-state index contributed by atoms with van der Waals surface area (Å²) in [6, 6.07) is -1.59. The van der Waals surface area contributed by atoms with Crippen molar-refractivity contribution in [3.05, 3.63) is 0 Å². The van der Waals surface area contributed by atoms with Gasteiger partial charge < -0.3 is 21.3 Å². The lowest BCUT2D eigenvalue weighted by Crippen LogP contribution is -2.46. The second-order valence-electron chi connectivity index (χ2n) is 3.98. The first kappa shape index (κ1) is 15.4. The minimum absolute atomic E-state index is 0.151. The van der Waals surface area contributed by atoms with Crippen molar-refractivity contribution in [1.29, 1.82) is 0 Å². The SMILES string of the molecule is CC(N)C(C)C(=O)N[C@@H](CCC(=O)O)C(=O)O. The van der Waals surface area contributed by atoms with Gasteiger partial charge in [-0.3, -0.25) is 9.59 Å². The van der Waals surface area contributed by atoms with E-state index in [0.717, 1.165) is 0 Å². The fourth-order valence-corrected chi connectivity index (χ4v) is 1.07. The van der Waals surface area contributed by atoms with E-state index in [0.29, 0.717) is 0 Å². The van der Waals surface area contributed by atoms with Gasteiger partial charge in [-0.1, -0.05) is 6.92 Å². The fraction of sp³-hybridized carbons (Fsp3) is 0.700. The number of carboxylic acid groups (broad SMARTS) is 2. The molecule has 0 spiro atoms. The molecule has 2 unspecified atom stereocenters. The Balaban J connectivity index is 4.39. The van der Waals surface area contributed by atoms with Gasteiger partial charge in [0.05, 0.1) is 0 Å². The van der Waals surface area contributed by atoms with Crippen molar-refractivity contribution in [2.45, 2.75) is 38.8 Å². The van der Waals surface area contributed by atoms with Crippen LogP contribution in [0.1, 0.15) is 26.7 Å². The first-order chi connectivity index (χ1) is 7.75. The monoisotopic (exact) mass is 246 g/mol. The molecular weight excluding hydrogens is 228 g/mol. The van der Waals surface area contributed by atoms with Gasteiger partial charge in [-0.05, 0) is 13.3 Å². The number of carbonyl (C=O) groups excluding carboxylic acids is 1. The molecule has 7 nitrogen and oxygen atoms in total. The predicted octanol–water partition coefficient (Wildman–Crippen LogP) is -0.596. The number of carbonyl (C=O) groups is 3. The smallest absolute Gasteiger partial charge is 0.326 e. The molecule has 17 heavy (non-hydrogen) atoms. The van der Waals surface area contributed by atoms with E-state index < -0.39 is 35.8 Å². The quantitative estimate of drug-likeness (QED) is 0.474. The van der Waals surface area contributed by atoms with Gasteiger partial charge in [0, 0.05) is 18.4 Å². The maximum absolute atomic E-state index is 11.5. The first-order valence-corrected chi connectivity index (χ1v) is 5.26. The minimum Gasteiger partial charge on any atom is -0.481 e. The van der Waals surface area contributed by atoms with Crippen molar-refractivity contribution in [2.24, 2.45) is 11.7 Å². The predicted molar refractivity (Wildman–Crippen MR) is 59.2 cm³/mol. The zero-order chi connectivity index (χ0) is 13.6. The van der Waals surface area contributed by atoms with E-state index in [1.54, 1.807) is 13.8 Å². The molecule has 0 fully saturated rings. The summed E-state index contributed by atoms with van der Waals surface area (Å²) in [5, 5.41) is 19.5. The molecule has 0 aliphatic rings. The molecular formula is C10H18N2O5. The lowest BCUT2D eigenvalue weighted by atomic mass is 10.0. The Labute approximate surface area is 99.0 Å². The lowest BCUT2D eigenvalue weighted by molar-refractivity contribution is -0.143. The Kier molecular flexibility index (Phi) is 6.19. The number of rotatable bonds is 7. The van der Waals surface area contributed by atoms with E-state index in [4.69, 9.17) is 15.9 Å². The molecule has 0 rings (SSSR count). The van der Waals surface area contributed by atoms with Crippen LogP contribution in [0.15, 0.2) is 0 Å². The Bertz CT molecular complexity index is 303. The van der Waals surface area contributed by atoms with Gasteiger partial charge in [0.25, 0.3) is 0 Å². The normalized spacial score (nSPS) is 15.7. The summed E-state index contributed by atoms with van der Waals surface area (Å²) in [6.45, 7) is 3.22. The summed E-state index contributed by atoms with van der Waals surface area (Å²) >= 11 is 0. The summed E-state index contributed by atoms with van der Waals surface area (Å²) in [6.07, 6.45) is -0.466.